The molecular formula is C18H14F2N2O5S. The number of hydrogen-bond acceptors (Lipinski definition) is 6. The number of halogens is 2. The Balaban J connectivity index is 1.58. The maximum absolute atomic E-state index is 12.4. The van der Waals surface area contributed by atoms with Gasteiger partial charge in [-0.25, -0.2) is 0 Å². The van der Waals surface area contributed by atoms with Crippen LogP contribution in [0.25, 0.3) is 6.08 Å². The maximum Gasteiger partial charge on any atom is 0.387 e. The summed E-state index contributed by atoms with van der Waals surface area (Å²) in [4.78, 5) is 37.5. The summed E-state index contributed by atoms with van der Waals surface area (Å²) in [5.74, 6) is -0.811. The smallest absolute Gasteiger partial charge is 0.387 e. The van der Waals surface area contributed by atoms with Gasteiger partial charge in [0.25, 0.3) is 17.1 Å². The molecule has 146 valence electrons. The number of imide groups is 1. The standard InChI is InChI=1S/C18H14F2N2O5S/c19-17(20)27-12-5-3-11(4-6-12)10-14-16(24)22(18(25)28-14)8-7-21-15(23)13-2-1-9-26-13/h1-6,9-10,17H,7-8H2,(H,21,23)/b14-10+. The van der Waals surface area contributed by atoms with Gasteiger partial charge in [0, 0.05) is 13.1 Å². The van der Waals surface area contributed by atoms with Crippen molar-refractivity contribution in [3.05, 3.63) is 58.9 Å². The molecule has 0 radical (unpaired) electrons. The second-order valence-electron chi connectivity index (χ2n) is 5.51. The van der Waals surface area contributed by atoms with E-state index >= 15 is 0 Å². The summed E-state index contributed by atoms with van der Waals surface area (Å²) in [6.45, 7) is -2.84. The SMILES string of the molecule is O=C(NCCN1C(=O)S/C(=C/c2ccc(OC(F)F)cc2)C1=O)c1ccco1. The van der Waals surface area contributed by atoms with Crippen LogP contribution >= 0.6 is 11.8 Å². The van der Waals surface area contributed by atoms with Crippen molar-refractivity contribution in [1.29, 1.82) is 0 Å². The minimum atomic E-state index is -2.92. The number of hydrogen-bond donors (Lipinski definition) is 1. The van der Waals surface area contributed by atoms with Gasteiger partial charge in [-0.1, -0.05) is 12.1 Å². The number of thioether (sulfide) groups is 1. The Bertz CT molecular complexity index is 897. The predicted octanol–water partition coefficient (Wildman–Crippen LogP) is 3.35. The van der Waals surface area contributed by atoms with Crippen LogP contribution in [0.5, 0.6) is 5.75 Å². The molecule has 0 bridgehead atoms. The van der Waals surface area contributed by atoms with Gasteiger partial charge in [-0.05, 0) is 47.7 Å². The van der Waals surface area contributed by atoms with E-state index in [1.54, 1.807) is 6.07 Å². The average molecular weight is 408 g/mol. The van der Waals surface area contributed by atoms with Gasteiger partial charge in [0.05, 0.1) is 11.2 Å². The third kappa shape index (κ3) is 4.77. The quantitative estimate of drug-likeness (QED) is 0.707. The second-order valence-corrected chi connectivity index (χ2v) is 6.51. The first-order valence-corrected chi connectivity index (χ1v) is 8.87. The normalized spacial score (nSPS) is 15.5. The molecule has 2 heterocycles. The minimum Gasteiger partial charge on any atom is -0.459 e. The largest absolute Gasteiger partial charge is 0.459 e. The number of benzene rings is 1. The van der Waals surface area contributed by atoms with Crippen molar-refractivity contribution in [2.24, 2.45) is 0 Å². The highest BCUT2D eigenvalue weighted by molar-refractivity contribution is 8.18. The van der Waals surface area contributed by atoms with Crippen LogP contribution in [0.2, 0.25) is 0 Å². The number of furan rings is 1. The number of nitrogens with zero attached hydrogens (tertiary/aromatic N) is 1. The topological polar surface area (TPSA) is 88.9 Å². The van der Waals surface area contributed by atoms with E-state index in [1.165, 1.54) is 42.7 Å². The third-order valence-electron chi connectivity index (χ3n) is 3.64. The Morgan fingerprint density at radius 1 is 1.25 bits per heavy atom. The second kappa shape index (κ2) is 8.70. The maximum atomic E-state index is 12.4. The van der Waals surface area contributed by atoms with E-state index in [4.69, 9.17) is 4.42 Å². The van der Waals surface area contributed by atoms with Crippen LogP contribution < -0.4 is 10.1 Å². The molecule has 0 spiro atoms. The molecule has 0 saturated carbocycles. The van der Waals surface area contributed by atoms with Crippen molar-refractivity contribution >= 4 is 34.9 Å². The summed E-state index contributed by atoms with van der Waals surface area (Å²) in [6.07, 6.45) is 2.85. The molecule has 0 unspecified atom stereocenters. The Kier molecular flexibility index (Phi) is 6.09. The Morgan fingerprint density at radius 3 is 2.64 bits per heavy atom. The van der Waals surface area contributed by atoms with Crippen molar-refractivity contribution in [3.8, 4) is 5.75 Å². The summed E-state index contributed by atoms with van der Waals surface area (Å²) in [5, 5.41) is 2.10. The molecule has 3 rings (SSSR count). The van der Waals surface area contributed by atoms with Gasteiger partial charge in [-0.15, -0.1) is 0 Å². The number of carbonyl (C=O) groups excluding carboxylic acids is 3. The van der Waals surface area contributed by atoms with Crippen molar-refractivity contribution < 1.29 is 32.3 Å². The molecule has 2 aromatic rings. The molecule has 1 saturated heterocycles. The lowest BCUT2D eigenvalue weighted by Gasteiger charge is -2.12. The van der Waals surface area contributed by atoms with E-state index in [0.717, 1.165) is 16.7 Å². The number of carbonyl (C=O) groups is 3. The lowest BCUT2D eigenvalue weighted by atomic mass is 10.2. The highest BCUT2D eigenvalue weighted by Crippen LogP contribution is 2.32. The zero-order valence-electron chi connectivity index (χ0n) is 14.3. The fourth-order valence-electron chi connectivity index (χ4n) is 2.37. The first-order chi connectivity index (χ1) is 13.4. The van der Waals surface area contributed by atoms with Crippen LogP contribution in [0.4, 0.5) is 13.6 Å². The molecule has 1 aromatic carbocycles. The fraction of sp³-hybridized carbons (Fsp3) is 0.167. The number of rotatable bonds is 7. The highest BCUT2D eigenvalue weighted by atomic mass is 32.2. The van der Waals surface area contributed by atoms with E-state index in [0.29, 0.717) is 5.56 Å². The van der Waals surface area contributed by atoms with Gasteiger partial charge in [0.2, 0.25) is 0 Å². The van der Waals surface area contributed by atoms with Crippen LogP contribution in [-0.2, 0) is 4.79 Å². The van der Waals surface area contributed by atoms with Gasteiger partial charge in [0.1, 0.15) is 5.75 Å². The molecule has 1 aliphatic rings. The number of nitrogens with one attached hydrogen (secondary N) is 1. The summed E-state index contributed by atoms with van der Waals surface area (Å²) in [6, 6.07) is 8.74. The Hall–Kier alpha value is -3.14. The Morgan fingerprint density at radius 2 is 2.00 bits per heavy atom. The summed E-state index contributed by atoms with van der Waals surface area (Å²) in [7, 11) is 0. The summed E-state index contributed by atoms with van der Waals surface area (Å²) in [5.41, 5.74) is 0.554. The summed E-state index contributed by atoms with van der Waals surface area (Å²) >= 11 is 0.764. The average Bonchev–Trinajstić information content (AvgIpc) is 3.27. The van der Waals surface area contributed by atoms with Gasteiger partial charge in [-0.2, -0.15) is 8.78 Å². The molecule has 1 fully saturated rings. The first-order valence-electron chi connectivity index (χ1n) is 8.06. The molecule has 0 atom stereocenters. The molecule has 3 amide bonds. The molecule has 1 aliphatic heterocycles. The zero-order valence-corrected chi connectivity index (χ0v) is 15.1. The van der Waals surface area contributed by atoms with E-state index in [2.05, 4.69) is 10.1 Å². The van der Waals surface area contributed by atoms with Gasteiger partial charge in [-0.3, -0.25) is 19.3 Å². The van der Waals surface area contributed by atoms with Crippen LogP contribution in [0.3, 0.4) is 0 Å². The van der Waals surface area contributed by atoms with Crippen LogP contribution in [-0.4, -0.2) is 41.7 Å². The molecular weight excluding hydrogens is 394 g/mol. The molecule has 0 aliphatic carbocycles. The number of alkyl halides is 2. The monoisotopic (exact) mass is 408 g/mol. The first kappa shape index (κ1) is 19.6. The fourth-order valence-corrected chi connectivity index (χ4v) is 3.23. The van der Waals surface area contributed by atoms with Crippen molar-refractivity contribution in [1.82, 2.24) is 10.2 Å². The van der Waals surface area contributed by atoms with Crippen molar-refractivity contribution in [2.45, 2.75) is 6.61 Å². The third-order valence-corrected chi connectivity index (χ3v) is 4.55. The van der Waals surface area contributed by atoms with Crippen LogP contribution in [0.1, 0.15) is 16.1 Å². The van der Waals surface area contributed by atoms with Gasteiger partial charge < -0.3 is 14.5 Å². The Labute approximate surface area is 162 Å². The summed E-state index contributed by atoms with van der Waals surface area (Å²) < 4.78 is 33.5. The molecule has 7 nitrogen and oxygen atoms in total. The predicted molar refractivity (Wildman–Crippen MR) is 96.8 cm³/mol. The molecule has 28 heavy (non-hydrogen) atoms. The van der Waals surface area contributed by atoms with Crippen LogP contribution in [0, 0.1) is 0 Å². The van der Waals surface area contributed by atoms with Crippen LogP contribution in [0.15, 0.2) is 52.0 Å². The molecule has 1 N–H and O–H groups in total. The number of amides is 3. The van der Waals surface area contributed by atoms with Gasteiger partial charge >= 0.3 is 6.61 Å². The molecule has 1 aromatic heterocycles. The minimum absolute atomic E-state index is 0.00690. The van der Waals surface area contributed by atoms with Crippen molar-refractivity contribution in [2.75, 3.05) is 13.1 Å². The van der Waals surface area contributed by atoms with Crippen molar-refractivity contribution in [3.63, 3.8) is 0 Å². The van der Waals surface area contributed by atoms with E-state index in [9.17, 15) is 23.2 Å². The lowest BCUT2D eigenvalue weighted by molar-refractivity contribution is -0.122. The van der Waals surface area contributed by atoms with E-state index < -0.39 is 23.7 Å². The van der Waals surface area contributed by atoms with Gasteiger partial charge in [0.15, 0.2) is 5.76 Å². The highest BCUT2D eigenvalue weighted by Gasteiger charge is 2.34. The number of ether oxygens (including phenoxy) is 1. The van der Waals surface area contributed by atoms with E-state index in [-0.39, 0.29) is 29.5 Å². The molecule has 10 heteroatoms. The zero-order chi connectivity index (χ0) is 20.1. The lowest BCUT2D eigenvalue weighted by Crippen LogP contribution is -2.37. The van der Waals surface area contributed by atoms with E-state index in [1.807, 2.05) is 0 Å².